The third-order valence-corrected chi connectivity index (χ3v) is 9.91. The molecular formula is C45H30NO+. The summed E-state index contributed by atoms with van der Waals surface area (Å²) in [6.45, 7) is 0. The molecule has 0 saturated heterocycles. The molecule has 0 bridgehead atoms. The van der Waals surface area contributed by atoms with Crippen LogP contribution in [-0.4, -0.2) is 0 Å². The Morgan fingerprint density at radius 1 is 0.468 bits per heavy atom. The molecule has 2 heteroatoms. The van der Waals surface area contributed by atoms with Crippen LogP contribution in [0.25, 0.3) is 76.7 Å². The van der Waals surface area contributed by atoms with Crippen molar-refractivity contribution in [3.63, 3.8) is 0 Å². The summed E-state index contributed by atoms with van der Waals surface area (Å²) in [6.07, 6.45) is 4.63. The lowest BCUT2D eigenvalue weighted by molar-refractivity contribution is 0.668. The molecule has 220 valence electrons. The quantitative estimate of drug-likeness (QED) is 0.158. The molecule has 10 rings (SSSR count). The molecule has 47 heavy (non-hydrogen) atoms. The molecule has 2 heterocycles. The van der Waals surface area contributed by atoms with Crippen LogP contribution in [0.5, 0.6) is 0 Å². The Kier molecular flexibility index (Phi) is 5.67. The van der Waals surface area contributed by atoms with Crippen LogP contribution >= 0.6 is 0 Å². The van der Waals surface area contributed by atoms with E-state index in [0.717, 1.165) is 16.9 Å². The summed E-state index contributed by atoms with van der Waals surface area (Å²) in [5.74, 6) is 0. The van der Waals surface area contributed by atoms with Gasteiger partial charge in [-0.15, -0.1) is 0 Å². The summed E-state index contributed by atoms with van der Waals surface area (Å²) in [5.41, 5.74) is 10.5. The molecule has 0 radical (unpaired) electrons. The van der Waals surface area contributed by atoms with Gasteiger partial charge in [0.05, 0.1) is 16.8 Å². The zero-order valence-electron chi connectivity index (χ0n) is 25.6. The van der Waals surface area contributed by atoms with E-state index in [1.807, 2.05) is 0 Å². The first kappa shape index (κ1) is 26.1. The second kappa shape index (κ2) is 10.2. The van der Waals surface area contributed by atoms with Gasteiger partial charge in [-0.3, -0.25) is 0 Å². The minimum absolute atomic E-state index is 0.0280. The first-order valence-corrected chi connectivity index (χ1v) is 16.3. The molecule has 2 N–H and O–H groups in total. The summed E-state index contributed by atoms with van der Waals surface area (Å²) in [7, 11) is 0. The summed E-state index contributed by atoms with van der Waals surface area (Å²) in [5, 5.41) is 14.1. The molecule has 0 fully saturated rings. The van der Waals surface area contributed by atoms with Crippen LogP contribution in [0.1, 0.15) is 22.7 Å². The van der Waals surface area contributed by atoms with Crippen molar-refractivity contribution in [1.82, 2.24) is 5.32 Å². The van der Waals surface area contributed by atoms with Crippen LogP contribution in [0.3, 0.4) is 0 Å². The fourth-order valence-electron chi connectivity index (χ4n) is 7.72. The van der Waals surface area contributed by atoms with Gasteiger partial charge in [0.2, 0.25) is 0 Å². The maximum absolute atomic E-state index is 5.13. The van der Waals surface area contributed by atoms with Gasteiger partial charge in [0.1, 0.15) is 0 Å². The Bertz CT molecular complexity index is 2680. The van der Waals surface area contributed by atoms with E-state index in [1.54, 1.807) is 0 Å². The van der Waals surface area contributed by atoms with Crippen LogP contribution in [0.4, 0.5) is 0 Å². The first-order chi connectivity index (χ1) is 23.3. The molecule has 2 nitrogen and oxygen atoms in total. The SMILES string of the molecule is C1=C(c2ccccc2)C=C(c2ccccc2)NC1c1cccc2[oH+]c3ccc(-c4ccc5ccc6cccc7ccc4c5c67)cc3c12. The summed E-state index contributed by atoms with van der Waals surface area (Å²) in [4.78, 5) is 0. The van der Waals surface area contributed by atoms with E-state index in [1.165, 1.54) is 76.5 Å². The molecule has 0 spiro atoms. The van der Waals surface area contributed by atoms with Crippen molar-refractivity contribution in [2.24, 2.45) is 0 Å². The Morgan fingerprint density at radius 3 is 1.98 bits per heavy atom. The Labute approximate surface area is 272 Å². The standard InChI is InChI=1S/C45H29NO/c1-3-9-28(10-4-1)34-26-39(29-11-5-2-6-12-29)46-40(27-34)37-15-8-16-42-45(37)38-25-33(21-24-41(38)47-42)35-22-19-32-18-17-30-13-7-14-31-20-23-36(35)44(32)43(30)31/h1-27,40,46H/p+1. The largest absolute Gasteiger partial charge is 0.545 e. The van der Waals surface area contributed by atoms with Gasteiger partial charge in [0.25, 0.3) is 11.2 Å². The highest BCUT2D eigenvalue weighted by molar-refractivity contribution is 6.25. The average molecular weight is 601 g/mol. The smallest absolute Gasteiger partial charge is 0.269 e. The van der Waals surface area contributed by atoms with Crippen molar-refractivity contribution >= 4 is 65.5 Å². The second-order valence-corrected chi connectivity index (χ2v) is 12.6. The number of furan rings is 1. The highest BCUT2D eigenvalue weighted by atomic mass is 16.3. The Balaban J connectivity index is 1.17. The number of fused-ring (bicyclic) bond motifs is 3. The molecule has 1 unspecified atom stereocenters. The third kappa shape index (κ3) is 4.12. The van der Waals surface area contributed by atoms with Crippen molar-refractivity contribution in [3.05, 3.63) is 181 Å². The first-order valence-electron chi connectivity index (χ1n) is 16.3. The molecular weight excluding hydrogens is 571 g/mol. The van der Waals surface area contributed by atoms with Crippen LogP contribution in [-0.2, 0) is 0 Å². The normalized spacial score (nSPS) is 15.0. The van der Waals surface area contributed by atoms with Crippen molar-refractivity contribution in [1.29, 1.82) is 0 Å². The molecule has 0 saturated carbocycles. The number of dihydropyridines is 1. The molecule has 1 aliphatic rings. The lowest BCUT2D eigenvalue weighted by atomic mass is 9.89. The number of hydrogen-bond acceptors (Lipinski definition) is 1. The van der Waals surface area contributed by atoms with Crippen LogP contribution in [0.2, 0.25) is 0 Å². The highest BCUT2D eigenvalue weighted by Crippen LogP contribution is 2.43. The van der Waals surface area contributed by atoms with Crippen LogP contribution < -0.4 is 5.32 Å². The molecule has 1 aromatic heterocycles. The van der Waals surface area contributed by atoms with E-state index in [2.05, 4.69) is 169 Å². The van der Waals surface area contributed by atoms with Gasteiger partial charge < -0.3 is 9.73 Å². The van der Waals surface area contributed by atoms with E-state index < -0.39 is 0 Å². The molecule has 1 aliphatic heterocycles. The summed E-state index contributed by atoms with van der Waals surface area (Å²) < 4.78 is 5.13. The molecule has 0 aliphatic carbocycles. The van der Waals surface area contributed by atoms with Gasteiger partial charge in [-0.1, -0.05) is 127 Å². The van der Waals surface area contributed by atoms with Gasteiger partial charge >= 0.3 is 0 Å². The number of nitrogens with one attached hydrogen (secondary N) is 1. The maximum Gasteiger partial charge on any atom is 0.269 e. The van der Waals surface area contributed by atoms with E-state index in [4.69, 9.17) is 4.42 Å². The van der Waals surface area contributed by atoms with Crippen molar-refractivity contribution in [3.8, 4) is 11.1 Å². The number of hydrogen-bond donors (Lipinski definition) is 1. The Morgan fingerprint density at radius 2 is 1.17 bits per heavy atom. The lowest BCUT2D eigenvalue weighted by Crippen LogP contribution is -2.22. The maximum atomic E-state index is 5.13. The summed E-state index contributed by atoms with van der Waals surface area (Å²) in [6, 6.07) is 54.8. The average Bonchev–Trinajstić information content (AvgIpc) is 3.52. The second-order valence-electron chi connectivity index (χ2n) is 12.6. The fourth-order valence-corrected chi connectivity index (χ4v) is 7.72. The van der Waals surface area contributed by atoms with Crippen molar-refractivity contribution in [2.75, 3.05) is 0 Å². The predicted molar refractivity (Wildman–Crippen MR) is 199 cm³/mol. The van der Waals surface area contributed by atoms with Gasteiger partial charge in [0.15, 0.2) is 0 Å². The van der Waals surface area contributed by atoms with Crippen LogP contribution in [0.15, 0.2) is 168 Å². The minimum Gasteiger partial charge on any atom is -0.545 e. The predicted octanol–water partition coefficient (Wildman–Crippen LogP) is 12.0. The van der Waals surface area contributed by atoms with Gasteiger partial charge in [-0.05, 0) is 90.0 Å². The van der Waals surface area contributed by atoms with E-state index in [-0.39, 0.29) is 6.04 Å². The molecule has 0 amide bonds. The number of benzene rings is 8. The lowest BCUT2D eigenvalue weighted by Gasteiger charge is -2.26. The monoisotopic (exact) mass is 600 g/mol. The fraction of sp³-hybridized carbons (Fsp3) is 0.0222. The van der Waals surface area contributed by atoms with E-state index >= 15 is 0 Å². The minimum atomic E-state index is -0.0280. The van der Waals surface area contributed by atoms with Gasteiger partial charge in [-0.2, -0.15) is 0 Å². The van der Waals surface area contributed by atoms with E-state index in [9.17, 15) is 0 Å². The zero-order valence-corrected chi connectivity index (χ0v) is 25.6. The molecule has 1 atom stereocenters. The van der Waals surface area contributed by atoms with Crippen molar-refractivity contribution < 1.29 is 4.42 Å². The number of allylic oxidation sites excluding steroid dienone is 2. The third-order valence-electron chi connectivity index (χ3n) is 9.91. The van der Waals surface area contributed by atoms with Crippen LogP contribution in [0, 0.1) is 0 Å². The molecule has 9 aromatic rings. The number of rotatable bonds is 4. The van der Waals surface area contributed by atoms with Gasteiger partial charge in [0, 0.05) is 17.8 Å². The highest BCUT2D eigenvalue weighted by Gasteiger charge is 2.25. The van der Waals surface area contributed by atoms with Crippen molar-refractivity contribution in [2.45, 2.75) is 6.04 Å². The van der Waals surface area contributed by atoms with Gasteiger partial charge in [-0.25, -0.2) is 0 Å². The Hall–Kier alpha value is -6.12. The molecule has 8 aromatic carbocycles. The summed E-state index contributed by atoms with van der Waals surface area (Å²) >= 11 is 0. The topological polar surface area (TPSA) is 24.8 Å². The van der Waals surface area contributed by atoms with E-state index in [0.29, 0.717) is 0 Å². The zero-order chi connectivity index (χ0) is 30.9.